The Kier molecular flexibility index (Phi) is 5.67. The third-order valence-corrected chi connectivity index (χ3v) is 3.42. The number of benzene rings is 2. The highest BCUT2D eigenvalue weighted by molar-refractivity contribution is 6.30. The van der Waals surface area contributed by atoms with Gasteiger partial charge in [-0.25, -0.2) is 0 Å². The number of hydrogen-bond acceptors (Lipinski definition) is 3. The maximum Gasteiger partial charge on any atom is 0.258 e. The molecule has 4 nitrogen and oxygen atoms in total. The molecule has 0 saturated heterocycles. The number of amides is 1. The van der Waals surface area contributed by atoms with Crippen molar-refractivity contribution in [1.82, 2.24) is 5.32 Å². The summed E-state index contributed by atoms with van der Waals surface area (Å²) in [6, 6.07) is 14.3. The van der Waals surface area contributed by atoms with Crippen molar-refractivity contribution in [1.29, 1.82) is 0 Å². The van der Waals surface area contributed by atoms with E-state index in [1.54, 1.807) is 31.4 Å². The predicted octanol–water partition coefficient (Wildman–Crippen LogP) is 3.60. The molecule has 0 saturated carbocycles. The SMILES string of the molecule is COc1ccccc1[C@H](C)NC(=O)COc1ccc(Cl)cc1. The average Bonchev–Trinajstić information content (AvgIpc) is 2.54. The number of rotatable bonds is 6. The van der Waals surface area contributed by atoms with Crippen molar-refractivity contribution in [3.05, 3.63) is 59.1 Å². The van der Waals surface area contributed by atoms with Crippen molar-refractivity contribution in [3.63, 3.8) is 0 Å². The van der Waals surface area contributed by atoms with Crippen LogP contribution in [0.4, 0.5) is 0 Å². The first kappa shape index (κ1) is 16.2. The summed E-state index contributed by atoms with van der Waals surface area (Å²) in [4.78, 5) is 12.0. The summed E-state index contributed by atoms with van der Waals surface area (Å²) in [5.74, 6) is 1.15. The minimum atomic E-state index is -0.201. The van der Waals surface area contributed by atoms with E-state index >= 15 is 0 Å². The minimum Gasteiger partial charge on any atom is -0.496 e. The Bertz CT molecular complexity index is 628. The largest absolute Gasteiger partial charge is 0.496 e. The molecule has 0 heterocycles. The summed E-state index contributed by atoms with van der Waals surface area (Å²) < 4.78 is 10.7. The van der Waals surface area contributed by atoms with E-state index in [0.717, 1.165) is 11.3 Å². The van der Waals surface area contributed by atoms with E-state index in [1.807, 2.05) is 31.2 Å². The fourth-order valence-electron chi connectivity index (χ4n) is 2.06. The molecule has 0 aliphatic carbocycles. The van der Waals surface area contributed by atoms with E-state index in [1.165, 1.54) is 0 Å². The number of methoxy groups -OCH3 is 1. The molecule has 2 rings (SSSR count). The van der Waals surface area contributed by atoms with Crippen LogP contribution in [0.3, 0.4) is 0 Å². The number of para-hydroxylation sites is 1. The van der Waals surface area contributed by atoms with Crippen molar-refractivity contribution in [2.45, 2.75) is 13.0 Å². The summed E-state index contributed by atoms with van der Waals surface area (Å²) in [5.41, 5.74) is 0.921. The van der Waals surface area contributed by atoms with Crippen LogP contribution in [0, 0.1) is 0 Å². The van der Waals surface area contributed by atoms with Crippen LogP contribution < -0.4 is 14.8 Å². The third kappa shape index (κ3) is 4.40. The van der Waals surface area contributed by atoms with E-state index in [4.69, 9.17) is 21.1 Å². The van der Waals surface area contributed by atoms with Crippen LogP contribution in [-0.2, 0) is 4.79 Å². The maximum atomic E-state index is 12.0. The fraction of sp³-hybridized carbons (Fsp3) is 0.235. The second kappa shape index (κ2) is 7.71. The number of carbonyl (C=O) groups is 1. The zero-order valence-corrected chi connectivity index (χ0v) is 13.3. The van der Waals surface area contributed by atoms with Gasteiger partial charge >= 0.3 is 0 Å². The van der Waals surface area contributed by atoms with Crippen molar-refractivity contribution < 1.29 is 14.3 Å². The molecule has 5 heteroatoms. The zero-order valence-electron chi connectivity index (χ0n) is 12.5. The molecule has 1 amide bonds. The Balaban J connectivity index is 1.90. The summed E-state index contributed by atoms with van der Waals surface area (Å²) in [6.45, 7) is 1.85. The monoisotopic (exact) mass is 319 g/mol. The van der Waals surface area contributed by atoms with E-state index in [-0.39, 0.29) is 18.6 Å². The number of nitrogens with one attached hydrogen (secondary N) is 1. The van der Waals surface area contributed by atoms with Crippen LogP contribution >= 0.6 is 11.6 Å². The highest BCUT2D eigenvalue weighted by Crippen LogP contribution is 2.24. The summed E-state index contributed by atoms with van der Waals surface area (Å²) in [6.07, 6.45) is 0. The molecular formula is C17H18ClNO3. The number of carbonyl (C=O) groups excluding carboxylic acids is 1. The zero-order chi connectivity index (χ0) is 15.9. The standard InChI is InChI=1S/C17H18ClNO3/c1-12(15-5-3-4-6-16(15)21-2)19-17(20)11-22-14-9-7-13(18)8-10-14/h3-10,12H,11H2,1-2H3,(H,19,20)/t12-/m0/s1. The molecule has 0 aliphatic heterocycles. The van der Waals surface area contributed by atoms with Gasteiger partial charge in [-0.1, -0.05) is 29.8 Å². The third-order valence-electron chi connectivity index (χ3n) is 3.17. The summed E-state index contributed by atoms with van der Waals surface area (Å²) >= 11 is 5.79. The number of hydrogen-bond donors (Lipinski definition) is 1. The molecule has 2 aromatic carbocycles. The fourth-order valence-corrected chi connectivity index (χ4v) is 2.19. The van der Waals surface area contributed by atoms with Crippen molar-refractivity contribution >= 4 is 17.5 Å². The minimum absolute atomic E-state index is 0.0544. The lowest BCUT2D eigenvalue weighted by molar-refractivity contribution is -0.123. The summed E-state index contributed by atoms with van der Waals surface area (Å²) in [7, 11) is 1.61. The van der Waals surface area contributed by atoms with Crippen LogP contribution in [0.2, 0.25) is 5.02 Å². The van der Waals surface area contributed by atoms with E-state index in [2.05, 4.69) is 5.32 Å². The van der Waals surface area contributed by atoms with Crippen molar-refractivity contribution in [2.75, 3.05) is 13.7 Å². The molecule has 2 aromatic rings. The van der Waals surface area contributed by atoms with Gasteiger partial charge in [-0.15, -0.1) is 0 Å². The molecule has 1 atom stereocenters. The lowest BCUT2D eigenvalue weighted by atomic mass is 10.1. The second-order valence-corrected chi connectivity index (χ2v) is 5.21. The highest BCUT2D eigenvalue weighted by Gasteiger charge is 2.13. The van der Waals surface area contributed by atoms with Gasteiger partial charge in [0.1, 0.15) is 11.5 Å². The van der Waals surface area contributed by atoms with E-state index < -0.39 is 0 Å². The Morgan fingerprint density at radius 1 is 1.18 bits per heavy atom. The van der Waals surface area contributed by atoms with Gasteiger partial charge in [-0.05, 0) is 37.3 Å². The summed E-state index contributed by atoms with van der Waals surface area (Å²) in [5, 5.41) is 3.51. The van der Waals surface area contributed by atoms with Crippen LogP contribution in [0.25, 0.3) is 0 Å². The highest BCUT2D eigenvalue weighted by atomic mass is 35.5. The van der Waals surface area contributed by atoms with Gasteiger partial charge in [-0.3, -0.25) is 4.79 Å². The molecule has 0 spiro atoms. The normalized spacial score (nSPS) is 11.6. The maximum absolute atomic E-state index is 12.0. The molecule has 116 valence electrons. The Labute approximate surface area is 135 Å². The van der Waals surface area contributed by atoms with Gasteiger partial charge in [0.15, 0.2) is 6.61 Å². The Morgan fingerprint density at radius 2 is 1.86 bits per heavy atom. The smallest absolute Gasteiger partial charge is 0.258 e. The topological polar surface area (TPSA) is 47.6 Å². The molecule has 0 aromatic heterocycles. The van der Waals surface area contributed by atoms with Crippen LogP contribution in [0.5, 0.6) is 11.5 Å². The lowest BCUT2D eigenvalue weighted by Crippen LogP contribution is -2.31. The molecular weight excluding hydrogens is 302 g/mol. The van der Waals surface area contributed by atoms with Gasteiger partial charge in [0.05, 0.1) is 13.2 Å². The molecule has 0 radical (unpaired) electrons. The Hall–Kier alpha value is -2.20. The van der Waals surface area contributed by atoms with Crippen molar-refractivity contribution in [3.8, 4) is 11.5 Å². The molecule has 0 bridgehead atoms. The molecule has 1 N–H and O–H groups in total. The van der Waals surface area contributed by atoms with Crippen LogP contribution in [0.15, 0.2) is 48.5 Å². The van der Waals surface area contributed by atoms with Gasteiger partial charge in [0.25, 0.3) is 5.91 Å². The van der Waals surface area contributed by atoms with E-state index in [9.17, 15) is 4.79 Å². The number of ether oxygens (including phenoxy) is 2. The van der Waals surface area contributed by atoms with E-state index in [0.29, 0.717) is 10.8 Å². The van der Waals surface area contributed by atoms with Crippen LogP contribution in [0.1, 0.15) is 18.5 Å². The molecule has 0 aliphatic rings. The van der Waals surface area contributed by atoms with Gasteiger partial charge in [-0.2, -0.15) is 0 Å². The first-order chi connectivity index (χ1) is 10.6. The van der Waals surface area contributed by atoms with Crippen molar-refractivity contribution in [2.24, 2.45) is 0 Å². The van der Waals surface area contributed by atoms with Gasteiger partial charge < -0.3 is 14.8 Å². The second-order valence-electron chi connectivity index (χ2n) is 4.77. The average molecular weight is 320 g/mol. The van der Waals surface area contributed by atoms with Gasteiger partial charge in [0.2, 0.25) is 0 Å². The first-order valence-corrected chi connectivity index (χ1v) is 7.28. The van der Waals surface area contributed by atoms with Crippen LogP contribution in [-0.4, -0.2) is 19.6 Å². The van der Waals surface area contributed by atoms with Gasteiger partial charge in [0, 0.05) is 10.6 Å². The predicted molar refractivity (Wildman–Crippen MR) is 86.5 cm³/mol. The molecule has 0 fully saturated rings. The molecule has 0 unspecified atom stereocenters. The lowest BCUT2D eigenvalue weighted by Gasteiger charge is -2.17. The Morgan fingerprint density at radius 3 is 2.55 bits per heavy atom. The quantitative estimate of drug-likeness (QED) is 0.885. The number of halogens is 1. The molecule has 22 heavy (non-hydrogen) atoms. The first-order valence-electron chi connectivity index (χ1n) is 6.91.